The van der Waals surface area contributed by atoms with Gasteiger partial charge in [0.05, 0.1) is 20.3 Å². The van der Waals surface area contributed by atoms with E-state index in [1.54, 1.807) is 7.11 Å². The lowest BCUT2D eigenvalue weighted by molar-refractivity contribution is 0.0407. The molecule has 19 heavy (non-hydrogen) atoms. The first kappa shape index (κ1) is 15.0. The van der Waals surface area contributed by atoms with Gasteiger partial charge in [-0.1, -0.05) is 41.9 Å². The van der Waals surface area contributed by atoms with Gasteiger partial charge in [0, 0.05) is 5.41 Å². The second-order valence-electron chi connectivity index (χ2n) is 5.36. The summed E-state index contributed by atoms with van der Waals surface area (Å²) in [7, 11) is -1.54. The van der Waals surface area contributed by atoms with Crippen molar-refractivity contribution in [3.63, 3.8) is 0 Å². The lowest BCUT2D eigenvalue weighted by Crippen LogP contribution is -2.30. The van der Waals surface area contributed by atoms with Crippen LogP contribution >= 0.6 is 23.5 Å². The van der Waals surface area contributed by atoms with Gasteiger partial charge in [-0.3, -0.25) is 4.57 Å². The maximum Gasteiger partial charge on any atom is 0.348 e. The van der Waals surface area contributed by atoms with Gasteiger partial charge in [-0.2, -0.15) is 0 Å². The van der Waals surface area contributed by atoms with Crippen molar-refractivity contribution >= 4 is 23.5 Å². The summed E-state index contributed by atoms with van der Waals surface area (Å²) in [6, 6.07) is 7.35. The average molecular weight is 349 g/mol. The summed E-state index contributed by atoms with van der Waals surface area (Å²) in [6.45, 7) is 4.91. The maximum atomic E-state index is 12.7. The Kier molecular flexibility index (Phi) is 4.41. The van der Waals surface area contributed by atoms with Crippen LogP contribution in [0.15, 0.2) is 24.3 Å². The summed E-state index contributed by atoms with van der Waals surface area (Å²) in [5.41, 5.74) is 0.754. The number of ether oxygens (including phenoxy) is 1. The molecule has 1 aliphatic heterocycles. The third kappa shape index (κ3) is 3.40. The Bertz CT molecular complexity index is 472. The minimum absolute atomic E-state index is 0.0967. The largest absolute Gasteiger partial charge is 0.497 e. The molecule has 4 nitrogen and oxygen atoms in total. The van der Waals surface area contributed by atoms with Crippen molar-refractivity contribution in [1.29, 1.82) is 0 Å². The first-order chi connectivity index (χ1) is 8.86. The van der Waals surface area contributed by atoms with E-state index in [1.807, 2.05) is 38.1 Å². The smallest absolute Gasteiger partial charge is 0.348 e. The van der Waals surface area contributed by atoms with Gasteiger partial charge in [-0.15, -0.1) is 0 Å². The molecule has 6 heteroatoms. The lowest BCUT2D eigenvalue weighted by Gasteiger charge is -2.35. The summed E-state index contributed by atoms with van der Waals surface area (Å²) in [5.74, 6) is 0.758. The van der Waals surface area contributed by atoms with Gasteiger partial charge in [0.1, 0.15) is 10.3 Å². The zero-order valence-electron chi connectivity index (χ0n) is 11.3. The fourth-order valence-corrected chi connectivity index (χ4v) is 4.63. The highest BCUT2D eigenvalue weighted by molar-refractivity contribution is 9.10. The van der Waals surface area contributed by atoms with Gasteiger partial charge in [0.2, 0.25) is 0 Å². The minimum atomic E-state index is -3.15. The highest BCUT2D eigenvalue weighted by atomic mass is 79.9. The number of hydrogen-bond acceptors (Lipinski definition) is 4. The fraction of sp³-hybridized carbons (Fsp3) is 0.538. The molecular weight excluding hydrogens is 331 g/mol. The van der Waals surface area contributed by atoms with E-state index >= 15 is 0 Å². The molecule has 0 spiro atoms. The van der Waals surface area contributed by atoms with Crippen LogP contribution in [0.3, 0.4) is 0 Å². The predicted molar refractivity (Wildman–Crippen MR) is 78.0 cm³/mol. The second-order valence-corrected chi connectivity index (χ2v) is 9.10. The normalized spacial score (nSPS) is 22.7. The second kappa shape index (κ2) is 5.57. The zero-order chi connectivity index (χ0) is 14.1. The Morgan fingerprint density at radius 3 is 2.26 bits per heavy atom. The van der Waals surface area contributed by atoms with Crippen LogP contribution in [0.5, 0.6) is 5.75 Å². The molecule has 106 valence electrons. The van der Waals surface area contributed by atoms with E-state index in [-0.39, 0.29) is 5.41 Å². The third-order valence-electron chi connectivity index (χ3n) is 2.94. The van der Waals surface area contributed by atoms with E-state index in [0.717, 1.165) is 11.3 Å². The number of hydrogen-bond donors (Lipinski definition) is 0. The van der Waals surface area contributed by atoms with Gasteiger partial charge in [-0.25, -0.2) is 0 Å². The molecule has 1 atom stereocenters. The molecule has 1 aromatic carbocycles. The van der Waals surface area contributed by atoms with Crippen LogP contribution in [0.25, 0.3) is 0 Å². The van der Waals surface area contributed by atoms with Crippen molar-refractivity contribution in [2.45, 2.75) is 18.4 Å². The van der Waals surface area contributed by atoms with Crippen LogP contribution in [0, 0.1) is 5.41 Å². The molecule has 0 saturated carbocycles. The zero-order valence-corrected chi connectivity index (χ0v) is 13.7. The van der Waals surface area contributed by atoms with Crippen LogP contribution in [0.1, 0.15) is 24.0 Å². The van der Waals surface area contributed by atoms with E-state index in [0.29, 0.717) is 13.2 Å². The summed E-state index contributed by atoms with van der Waals surface area (Å²) < 4.78 is 28.3. The Balaban J connectivity index is 2.14. The van der Waals surface area contributed by atoms with Gasteiger partial charge >= 0.3 is 7.60 Å². The molecule has 1 aliphatic rings. The summed E-state index contributed by atoms with van der Waals surface area (Å²) in [5, 5.41) is 0. The van der Waals surface area contributed by atoms with Crippen LogP contribution in [0.4, 0.5) is 0 Å². The maximum absolute atomic E-state index is 12.7. The minimum Gasteiger partial charge on any atom is -0.497 e. The molecule has 0 aliphatic carbocycles. The Hall–Kier alpha value is -0.350. The number of methoxy groups -OCH3 is 1. The number of alkyl halides is 1. The van der Waals surface area contributed by atoms with Gasteiger partial charge < -0.3 is 13.8 Å². The topological polar surface area (TPSA) is 44.8 Å². The number of rotatable bonds is 3. The molecule has 2 rings (SSSR count). The first-order valence-electron chi connectivity index (χ1n) is 6.03. The standard InChI is InChI=1S/C13H18BrO4P/c1-13(2)8-17-19(15,18-9-13)12(14)10-4-6-11(16-3)7-5-10/h4-7,12H,8-9H2,1-3H3. The summed E-state index contributed by atoms with van der Waals surface area (Å²) in [6.07, 6.45) is 0. The molecule has 1 fully saturated rings. The third-order valence-corrected chi connectivity index (χ3v) is 6.80. The van der Waals surface area contributed by atoms with Crippen molar-refractivity contribution in [2.75, 3.05) is 20.3 Å². The summed E-state index contributed by atoms with van der Waals surface area (Å²) in [4.78, 5) is 0. The van der Waals surface area contributed by atoms with Crippen molar-refractivity contribution in [3.8, 4) is 5.75 Å². The van der Waals surface area contributed by atoms with Crippen molar-refractivity contribution < 1.29 is 18.3 Å². The van der Waals surface area contributed by atoms with Gasteiger partial charge in [0.15, 0.2) is 0 Å². The molecule has 1 aromatic rings. The van der Waals surface area contributed by atoms with Gasteiger partial charge in [0.25, 0.3) is 0 Å². The Labute approximate surface area is 122 Å². The van der Waals surface area contributed by atoms with Crippen molar-refractivity contribution in [2.24, 2.45) is 5.41 Å². The molecule has 0 radical (unpaired) electrons. The lowest BCUT2D eigenvalue weighted by atomic mass is 9.97. The quantitative estimate of drug-likeness (QED) is 0.601. The molecule has 0 N–H and O–H groups in total. The predicted octanol–water partition coefficient (Wildman–Crippen LogP) is 4.35. The van der Waals surface area contributed by atoms with Crippen LogP contribution < -0.4 is 4.74 Å². The highest BCUT2D eigenvalue weighted by Gasteiger charge is 2.42. The van der Waals surface area contributed by atoms with Crippen molar-refractivity contribution in [1.82, 2.24) is 0 Å². The Morgan fingerprint density at radius 2 is 1.79 bits per heavy atom. The highest BCUT2D eigenvalue weighted by Crippen LogP contribution is 2.66. The Morgan fingerprint density at radius 1 is 1.26 bits per heavy atom. The molecule has 1 saturated heterocycles. The van der Waals surface area contributed by atoms with E-state index in [1.165, 1.54) is 0 Å². The van der Waals surface area contributed by atoms with E-state index in [4.69, 9.17) is 13.8 Å². The average Bonchev–Trinajstić information content (AvgIpc) is 2.42. The summed E-state index contributed by atoms with van der Waals surface area (Å²) >= 11 is 3.43. The van der Waals surface area contributed by atoms with E-state index in [2.05, 4.69) is 15.9 Å². The SMILES string of the molecule is COc1ccc(C(Br)P2(=O)OCC(C)(C)CO2)cc1. The fourth-order valence-electron chi connectivity index (χ4n) is 1.68. The van der Waals surface area contributed by atoms with Crippen LogP contribution in [0.2, 0.25) is 0 Å². The molecular formula is C13H18BrO4P. The molecule has 0 aromatic heterocycles. The van der Waals surface area contributed by atoms with Crippen LogP contribution in [-0.2, 0) is 13.6 Å². The molecule has 0 bridgehead atoms. The number of halogens is 1. The monoisotopic (exact) mass is 348 g/mol. The molecule has 0 amide bonds. The van der Waals surface area contributed by atoms with E-state index in [9.17, 15) is 4.57 Å². The van der Waals surface area contributed by atoms with Crippen molar-refractivity contribution in [3.05, 3.63) is 29.8 Å². The van der Waals surface area contributed by atoms with Gasteiger partial charge in [-0.05, 0) is 17.7 Å². The number of benzene rings is 1. The van der Waals surface area contributed by atoms with E-state index < -0.39 is 12.2 Å². The first-order valence-corrected chi connectivity index (χ1v) is 8.56. The molecule has 1 unspecified atom stereocenters. The molecule has 1 heterocycles. The van der Waals surface area contributed by atoms with Crippen LogP contribution in [-0.4, -0.2) is 20.3 Å².